The number of nitrogens with zero attached hydrogens (tertiary/aromatic N) is 1. The van der Waals surface area contributed by atoms with Crippen molar-refractivity contribution in [1.29, 1.82) is 0 Å². The fraction of sp³-hybridized carbons (Fsp3) is 0.895. The number of hydrogen-bond donors (Lipinski definition) is 0. The molecule has 0 bridgehead atoms. The monoisotopic (exact) mass is 343 g/mol. The third-order valence-corrected chi connectivity index (χ3v) is 3.75. The molecule has 5 heteroatoms. The number of esters is 1. The van der Waals surface area contributed by atoms with Gasteiger partial charge in [0, 0.05) is 7.05 Å². The number of rotatable bonds is 12. The van der Waals surface area contributed by atoms with Crippen molar-refractivity contribution in [2.75, 3.05) is 20.3 Å². The van der Waals surface area contributed by atoms with Crippen LogP contribution in [-0.4, -0.2) is 43.3 Å². The van der Waals surface area contributed by atoms with Gasteiger partial charge in [0.1, 0.15) is 6.04 Å². The third-order valence-electron chi connectivity index (χ3n) is 3.75. The van der Waals surface area contributed by atoms with Gasteiger partial charge in [0.05, 0.1) is 13.2 Å². The summed E-state index contributed by atoms with van der Waals surface area (Å²) in [5, 5.41) is 0. The van der Waals surface area contributed by atoms with Crippen LogP contribution < -0.4 is 0 Å². The van der Waals surface area contributed by atoms with Crippen molar-refractivity contribution in [2.24, 2.45) is 11.8 Å². The predicted molar refractivity (Wildman–Crippen MR) is 96.9 cm³/mol. The lowest BCUT2D eigenvalue weighted by Crippen LogP contribution is -2.44. The Hall–Kier alpha value is -1.26. The van der Waals surface area contributed by atoms with Gasteiger partial charge in [-0.2, -0.15) is 0 Å². The highest BCUT2D eigenvalue weighted by molar-refractivity contribution is 5.81. The van der Waals surface area contributed by atoms with Crippen molar-refractivity contribution in [2.45, 2.75) is 79.2 Å². The smallest absolute Gasteiger partial charge is 0.410 e. The van der Waals surface area contributed by atoms with Crippen molar-refractivity contribution >= 4 is 12.1 Å². The second kappa shape index (κ2) is 13.1. The van der Waals surface area contributed by atoms with Gasteiger partial charge in [0.25, 0.3) is 0 Å². The summed E-state index contributed by atoms with van der Waals surface area (Å²) in [6.45, 7) is 11.0. The Balaban J connectivity index is 4.45. The van der Waals surface area contributed by atoms with Crippen LogP contribution >= 0.6 is 0 Å². The Morgan fingerprint density at radius 3 is 2.08 bits per heavy atom. The molecule has 24 heavy (non-hydrogen) atoms. The molecule has 0 heterocycles. The molecular formula is C19H37NO4. The molecule has 1 amide bonds. The highest BCUT2D eigenvalue weighted by Crippen LogP contribution is 2.14. The fourth-order valence-electron chi connectivity index (χ4n) is 2.30. The molecule has 0 aliphatic heterocycles. The van der Waals surface area contributed by atoms with Crippen LogP contribution in [0.25, 0.3) is 0 Å². The lowest BCUT2D eigenvalue weighted by molar-refractivity contribution is -0.149. The van der Waals surface area contributed by atoms with Gasteiger partial charge in [-0.25, -0.2) is 9.59 Å². The number of ether oxygens (including phenoxy) is 2. The van der Waals surface area contributed by atoms with E-state index in [1.165, 1.54) is 24.2 Å². The molecule has 0 saturated carbocycles. The zero-order valence-corrected chi connectivity index (χ0v) is 16.5. The van der Waals surface area contributed by atoms with Crippen LogP contribution in [0.2, 0.25) is 0 Å². The van der Waals surface area contributed by atoms with Gasteiger partial charge in [-0.3, -0.25) is 4.90 Å². The summed E-state index contributed by atoms with van der Waals surface area (Å²) in [5.41, 5.74) is 0. The summed E-state index contributed by atoms with van der Waals surface area (Å²) in [5.74, 6) is 0.219. The van der Waals surface area contributed by atoms with Crippen LogP contribution in [0.1, 0.15) is 73.1 Å². The fourth-order valence-corrected chi connectivity index (χ4v) is 2.30. The van der Waals surface area contributed by atoms with Gasteiger partial charge in [-0.15, -0.1) is 0 Å². The minimum Gasteiger partial charge on any atom is -0.464 e. The number of carbonyl (C=O) groups is 2. The van der Waals surface area contributed by atoms with E-state index in [2.05, 4.69) is 6.92 Å². The molecule has 1 atom stereocenters. The van der Waals surface area contributed by atoms with Crippen LogP contribution in [-0.2, 0) is 14.3 Å². The normalized spacial score (nSPS) is 12.3. The number of hydrogen-bond acceptors (Lipinski definition) is 4. The van der Waals surface area contributed by atoms with Gasteiger partial charge >= 0.3 is 12.1 Å². The van der Waals surface area contributed by atoms with E-state index in [0.717, 1.165) is 12.8 Å². The summed E-state index contributed by atoms with van der Waals surface area (Å²) in [6.07, 6.45) is 5.64. The zero-order chi connectivity index (χ0) is 18.5. The molecule has 1 unspecified atom stereocenters. The van der Waals surface area contributed by atoms with Crippen LogP contribution in [0.5, 0.6) is 0 Å². The van der Waals surface area contributed by atoms with Gasteiger partial charge in [0.15, 0.2) is 0 Å². The molecule has 0 rings (SSSR count). The molecule has 0 saturated heterocycles. The maximum Gasteiger partial charge on any atom is 0.410 e. The number of carbonyl (C=O) groups excluding carboxylic acids is 2. The summed E-state index contributed by atoms with van der Waals surface area (Å²) < 4.78 is 10.6. The molecule has 0 N–H and O–H groups in total. The number of unbranched alkanes of at least 4 members (excludes halogenated alkanes) is 4. The van der Waals surface area contributed by atoms with E-state index in [1.807, 2.05) is 27.7 Å². The van der Waals surface area contributed by atoms with E-state index >= 15 is 0 Å². The summed E-state index contributed by atoms with van der Waals surface area (Å²) in [7, 11) is 1.61. The largest absolute Gasteiger partial charge is 0.464 e. The van der Waals surface area contributed by atoms with E-state index in [-0.39, 0.29) is 17.8 Å². The summed E-state index contributed by atoms with van der Waals surface area (Å²) in [4.78, 5) is 25.9. The first-order valence-corrected chi connectivity index (χ1v) is 9.35. The maximum absolute atomic E-state index is 12.4. The molecule has 0 aromatic rings. The molecule has 0 aromatic carbocycles. The molecule has 0 aliphatic carbocycles. The molecule has 0 aromatic heterocycles. The van der Waals surface area contributed by atoms with Crippen LogP contribution in [0.3, 0.4) is 0 Å². The first kappa shape index (κ1) is 22.7. The van der Waals surface area contributed by atoms with Gasteiger partial charge < -0.3 is 9.47 Å². The average Bonchev–Trinajstić information content (AvgIpc) is 2.52. The van der Waals surface area contributed by atoms with Crippen LogP contribution in [0.4, 0.5) is 4.79 Å². The Labute approximate surface area is 148 Å². The third kappa shape index (κ3) is 10.5. The van der Waals surface area contributed by atoms with Gasteiger partial charge in [-0.05, 0) is 24.7 Å². The zero-order valence-electron chi connectivity index (χ0n) is 16.5. The first-order chi connectivity index (χ1) is 11.3. The van der Waals surface area contributed by atoms with E-state index in [9.17, 15) is 9.59 Å². The Kier molecular flexibility index (Phi) is 12.4. The Morgan fingerprint density at radius 2 is 1.54 bits per heavy atom. The van der Waals surface area contributed by atoms with Crippen LogP contribution in [0, 0.1) is 11.8 Å². The SMILES string of the molecule is CCCCCCCOC(=O)C(CC(C)C)N(C)C(=O)OCC(C)C. The standard InChI is InChI=1S/C19H37NO4/c1-7-8-9-10-11-12-23-18(21)17(13-15(2)3)20(6)19(22)24-14-16(4)5/h15-17H,7-14H2,1-6H3. The van der Waals surface area contributed by atoms with Gasteiger partial charge in [0.2, 0.25) is 0 Å². The lowest BCUT2D eigenvalue weighted by Gasteiger charge is -2.27. The second-order valence-electron chi connectivity index (χ2n) is 7.31. The number of likely N-dealkylation sites (N-methyl/N-ethyl adjacent to an activating group) is 1. The highest BCUT2D eigenvalue weighted by Gasteiger charge is 2.30. The topological polar surface area (TPSA) is 55.8 Å². The van der Waals surface area contributed by atoms with E-state index in [4.69, 9.17) is 9.47 Å². The number of amides is 1. The Morgan fingerprint density at radius 1 is 0.917 bits per heavy atom. The van der Waals surface area contributed by atoms with Crippen LogP contribution in [0.15, 0.2) is 0 Å². The van der Waals surface area contributed by atoms with Crippen molar-refractivity contribution < 1.29 is 19.1 Å². The lowest BCUT2D eigenvalue weighted by atomic mass is 10.0. The van der Waals surface area contributed by atoms with Crippen molar-refractivity contribution in [1.82, 2.24) is 4.90 Å². The Bertz CT molecular complexity index is 355. The second-order valence-corrected chi connectivity index (χ2v) is 7.31. The molecular weight excluding hydrogens is 306 g/mol. The highest BCUT2D eigenvalue weighted by atomic mass is 16.6. The van der Waals surface area contributed by atoms with Gasteiger partial charge in [-0.1, -0.05) is 60.3 Å². The van der Waals surface area contributed by atoms with E-state index in [0.29, 0.717) is 19.6 Å². The quantitative estimate of drug-likeness (QED) is 0.383. The van der Waals surface area contributed by atoms with E-state index in [1.54, 1.807) is 7.05 Å². The molecule has 0 spiro atoms. The average molecular weight is 344 g/mol. The minimum absolute atomic E-state index is 0.265. The maximum atomic E-state index is 12.4. The summed E-state index contributed by atoms with van der Waals surface area (Å²) >= 11 is 0. The molecule has 0 aliphatic rings. The molecule has 0 fully saturated rings. The predicted octanol–water partition coefficient (Wildman–Crippen LogP) is 4.64. The summed E-state index contributed by atoms with van der Waals surface area (Å²) in [6, 6.07) is -0.583. The molecule has 0 radical (unpaired) electrons. The van der Waals surface area contributed by atoms with E-state index < -0.39 is 12.1 Å². The minimum atomic E-state index is -0.583. The van der Waals surface area contributed by atoms with Crippen molar-refractivity contribution in [3.63, 3.8) is 0 Å². The first-order valence-electron chi connectivity index (χ1n) is 9.35. The molecule has 5 nitrogen and oxygen atoms in total. The van der Waals surface area contributed by atoms with Crippen molar-refractivity contribution in [3.8, 4) is 0 Å². The molecule has 142 valence electrons. The van der Waals surface area contributed by atoms with Crippen molar-refractivity contribution in [3.05, 3.63) is 0 Å².